The molecule has 2 atom stereocenters. The van der Waals surface area contributed by atoms with Crippen molar-refractivity contribution < 1.29 is 26.7 Å². The predicted molar refractivity (Wildman–Crippen MR) is 93.2 cm³/mol. The number of fused-ring (bicyclic) bond motifs is 1. The molecule has 0 fully saturated rings. The molecule has 1 aliphatic rings. The molecule has 7 heteroatoms. The van der Waals surface area contributed by atoms with E-state index < -0.39 is 41.2 Å². The molecule has 0 spiro atoms. The molecule has 144 valence electrons. The Morgan fingerprint density at radius 2 is 1.54 bits per heavy atom. The van der Waals surface area contributed by atoms with Gasteiger partial charge in [0.1, 0.15) is 29.3 Å². The lowest BCUT2D eigenvalue weighted by atomic mass is 9.91. The molecular weight excluding hydrogens is 377 g/mol. The number of ether oxygens (including phenoxy) is 1. The van der Waals surface area contributed by atoms with Gasteiger partial charge in [-0.2, -0.15) is 0 Å². The third-order valence-electron chi connectivity index (χ3n) is 4.75. The first-order valence-electron chi connectivity index (χ1n) is 8.48. The highest BCUT2D eigenvalue weighted by molar-refractivity contribution is 5.66. The largest absolute Gasteiger partial charge is 0.484 e. The summed E-state index contributed by atoms with van der Waals surface area (Å²) in [6.07, 6.45) is -0.759. The van der Waals surface area contributed by atoms with E-state index in [1.807, 2.05) is 0 Å². The van der Waals surface area contributed by atoms with Gasteiger partial charge in [0.05, 0.1) is 6.04 Å². The normalized spacial score (nSPS) is 18.5. The zero-order valence-electron chi connectivity index (χ0n) is 14.4. The maximum Gasteiger partial charge on any atom is 0.161 e. The molecule has 4 rings (SSSR count). The number of hydrogen-bond donors (Lipinski definition) is 1. The summed E-state index contributed by atoms with van der Waals surface area (Å²) in [7, 11) is 0. The second-order valence-electron chi connectivity index (χ2n) is 6.64. The zero-order valence-corrected chi connectivity index (χ0v) is 14.4. The molecule has 0 aromatic heterocycles. The van der Waals surface area contributed by atoms with Crippen LogP contribution in [-0.4, -0.2) is 6.04 Å². The third-order valence-corrected chi connectivity index (χ3v) is 4.75. The molecule has 0 amide bonds. The maximum atomic E-state index is 14.1. The first-order chi connectivity index (χ1) is 13.3. The Hall–Kier alpha value is -2.93. The van der Waals surface area contributed by atoms with Crippen LogP contribution in [0.1, 0.15) is 17.2 Å². The third kappa shape index (κ3) is 3.22. The number of rotatable bonds is 2. The smallest absolute Gasteiger partial charge is 0.161 e. The van der Waals surface area contributed by atoms with Gasteiger partial charge < -0.3 is 10.5 Å². The van der Waals surface area contributed by atoms with Gasteiger partial charge in [-0.25, -0.2) is 22.0 Å². The van der Waals surface area contributed by atoms with Gasteiger partial charge in [-0.3, -0.25) is 0 Å². The molecule has 0 saturated heterocycles. The van der Waals surface area contributed by atoms with E-state index in [0.717, 1.165) is 18.2 Å². The van der Waals surface area contributed by atoms with Gasteiger partial charge in [-0.1, -0.05) is 6.07 Å². The topological polar surface area (TPSA) is 35.2 Å². The number of hydrogen-bond acceptors (Lipinski definition) is 2. The van der Waals surface area contributed by atoms with E-state index in [1.54, 1.807) is 18.2 Å². The van der Waals surface area contributed by atoms with E-state index in [-0.39, 0.29) is 17.5 Å². The minimum Gasteiger partial charge on any atom is -0.484 e. The summed E-state index contributed by atoms with van der Waals surface area (Å²) in [6, 6.07) is 8.52. The molecule has 0 radical (unpaired) electrons. The Labute approximate surface area is 157 Å². The van der Waals surface area contributed by atoms with Gasteiger partial charge in [0.25, 0.3) is 0 Å². The van der Waals surface area contributed by atoms with Crippen LogP contribution in [0.15, 0.2) is 48.5 Å². The van der Waals surface area contributed by atoms with Gasteiger partial charge in [0.2, 0.25) is 0 Å². The van der Waals surface area contributed by atoms with E-state index in [1.165, 1.54) is 6.07 Å². The minimum atomic E-state index is -1.29. The van der Waals surface area contributed by atoms with Gasteiger partial charge >= 0.3 is 0 Å². The number of halogens is 5. The van der Waals surface area contributed by atoms with E-state index in [9.17, 15) is 22.0 Å². The van der Waals surface area contributed by atoms with Gasteiger partial charge in [0.15, 0.2) is 11.6 Å². The summed E-state index contributed by atoms with van der Waals surface area (Å²) in [5.41, 5.74) is 7.28. The lowest BCUT2D eigenvalue weighted by molar-refractivity contribution is 0.148. The van der Waals surface area contributed by atoms with E-state index in [4.69, 9.17) is 10.5 Å². The Kier molecular flexibility index (Phi) is 4.55. The van der Waals surface area contributed by atoms with Crippen LogP contribution < -0.4 is 10.5 Å². The highest BCUT2D eigenvalue weighted by Gasteiger charge is 2.32. The lowest BCUT2D eigenvalue weighted by Gasteiger charge is -2.32. The average molecular weight is 391 g/mol. The fourth-order valence-electron chi connectivity index (χ4n) is 3.38. The lowest BCUT2D eigenvalue weighted by Crippen LogP contribution is -2.38. The summed E-state index contributed by atoms with van der Waals surface area (Å²) < 4.78 is 73.7. The molecule has 3 aromatic carbocycles. The van der Waals surface area contributed by atoms with E-state index in [0.29, 0.717) is 22.9 Å². The van der Waals surface area contributed by atoms with E-state index >= 15 is 0 Å². The Morgan fingerprint density at radius 3 is 2.29 bits per heavy atom. The molecule has 0 saturated carbocycles. The second kappa shape index (κ2) is 6.91. The summed E-state index contributed by atoms with van der Waals surface area (Å²) in [5, 5.41) is 0. The van der Waals surface area contributed by atoms with Crippen LogP contribution in [0.4, 0.5) is 22.0 Å². The highest BCUT2D eigenvalue weighted by atomic mass is 19.2. The molecule has 2 N–H and O–H groups in total. The first kappa shape index (κ1) is 18.4. The highest BCUT2D eigenvalue weighted by Crippen LogP contribution is 2.38. The summed E-state index contributed by atoms with van der Waals surface area (Å²) in [4.78, 5) is 0. The average Bonchev–Trinajstić information content (AvgIpc) is 2.64. The molecular formula is C21H14F5NO. The Bertz CT molecular complexity index is 1070. The molecule has 3 aromatic rings. The molecule has 1 heterocycles. The molecule has 0 aliphatic carbocycles. The number of benzene rings is 3. The molecule has 28 heavy (non-hydrogen) atoms. The summed E-state index contributed by atoms with van der Waals surface area (Å²) >= 11 is 0. The minimum absolute atomic E-state index is 0.175. The van der Waals surface area contributed by atoms with Crippen molar-refractivity contribution in [2.45, 2.75) is 18.6 Å². The van der Waals surface area contributed by atoms with Crippen LogP contribution in [0.3, 0.4) is 0 Å². The van der Waals surface area contributed by atoms with Crippen molar-refractivity contribution in [3.63, 3.8) is 0 Å². The van der Waals surface area contributed by atoms with Crippen LogP contribution in [0.5, 0.6) is 5.75 Å². The molecule has 1 aliphatic heterocycles. The van der Waals surface area contributed by atoms with Gasteiger partial charge in [-0.15, -0.1) is 0 Å². The van der Waals surface area contributed by atoms with Crippen molar-refractivity contribution in [3.05, 3.63) is 88.7 Å². The van der Waals surface area contributed by atoms with Crippen LogP contribution in [0.25, 0.3) is 11.1 Å². The first-order valence-corrected chi connectivity index (χ1v) is 8.48. The second-order valence-corrected chi connectivity index (χ2v) is 6.64. The Balaban J connectivity index is 1.69. The summed E-state index contributed by atoms with van der Waals surface area (Å²) in [6.45, 7) is 0. The quantitative estimate of drug-likeness (QED) is 0.490. The van der Waals surface area contributed by atoms with Crippen molar-refractivity contribution >= 4 is 0 Å². The molecule has 0 bridgehead atoms. The molecule has 2 unspecified atom stereocenters. The fraction of sp³-hybridized carbons (Fsp3) is 0.143. The fourth-order valence-corrected chi connectivity index (χ4v) is 3.38. The van der Waals surface area contributed by atoms with Crippen molar-refractivity contribution in [2.75, 3.05) is 0 Å². The Morgan fingerprint density at radius 1 is 0.786 bits per heavy atom. The summed E-state index contributed by atoms with van der Waals surface area (Å²) in [5.74, 6) is -4.45. The zero-order chi connectivity index (χ0) is 20.0. The van der Waals surface area contributed by atoms with Crippen LogP contribution in [-0.2, 0) is 6.42 Å². The van der Waals surface area contributed by atoms with E-state index in [2.05, 4.69) is 0 Å². The standard InChI is InChI=1S/C21H14F5NO/c22-12-2-3-13(15(23)7-12)10-1-4-20-11(5-10)6-19(27)21(28-20)14-8-17(25)18(26)9-16(14)24/h1-5,7-9,19,21H,6,27H2. The SMILES string of the molecule is NC1Cc2cc(-c3ccc(F)cc3F)ccc2OC1c1cc(F)c(F)cc1F. The van der Waals surface area contributed by atoms with Gasteiger partial charge in [0, 0.05) is 23.3 Å². The van der Waals surface area contributed by atoms with Gasteiger partial charge in [-0.05, 0) is 47.9 Å². The van der Waals surface area contributed by atoms with Crippen LogP contribution >= 0.6 is 0 Å². The maximum absolute atomic E-state index is 14.1. The van der Waals surface area contributed by atoms with Crippen LogP contribution in [0, 0.1) is 29.1 Å². The van der Waals surface area contributed by atoms with Crippen LogP contribution in [0.2, 0.25) is 0 Å². The van der Waals surface area contributed by atoms with Crippen molar-refractivity contribution in [1.29, 1.82) is 0 Å². The monoisotopic (exact) mass is 391 g/mol. The van der Waals surface area contributed by atoms with Crippen molar-refractivity contribution in [2.24, 2.45) is 5.73 Å². The van der Waals surface area contributed by atoms with Crippen molar-refractivity contribution in [1.82, 2.24) is 0 Å². The van der Waals surface area contributed by atoms with Crippen molar-refractivity contribution in [3.8, 4) is 16.9 Å². The predicted octanol–water partition coefficient (Wildman–Crippen LogP) is 5.05. The number of nitrogens with two attached hydrogens (primary N) is 1. The molecule has 2 nitrogen and oxygen atoms in total.